The lowest BCUT2D eigenvalue weighted by atomic mass is 10.4. The van der Waals surface area contributed by atoms with Crippen LogP contribution in [0.3, 0.4) is 0 Å². The van der Waals surface area contributed by atoms with Crippen molar-refractivity contribution < 1.29 is 8.42 Å². The molecule has 0 atom stereocenters. The maximum absolute atomic E-state index is 12.1. The molecular formula is C12H20N2O2S2. The maximum atomic E-state index is 12.1. The third-order valence-electron chi connectivity index (χ3n) is 2.37. The minimum absolute atomic E-state index is 0.319. The van der Waals surface area contributed by atoms with Crippen molar-refractivity contribution in [3.63, 3.8) is 0 Å². The number of sulfonamides is 1. The van der Waals surface area contributed by atoms with Crippen molar-refractivity contribution in [2.24, 2.45) is 0 Å². The van der Waals surface area contributed by atoms with Crippen LogP contribution >= 0.6 is 11.3 Å². The van der Waals surface area contributed by atoms with Crippen LogP contribution < -0.4 is 5.32 Å². The molecule has 0 unspecified atom stereocenters. The van der Waals surface area contributed by atoms with Crippen molar-refractivity contribution in [3.8, 4) is 0 Å². The molecule has 0 amide bonds. The fraction of sp³-hybridized carbons (Fsp3) is 0.500. The topological polar surface area (TPSA) is 49.4 Å². The normalized spacial score (nSPS) is 12.3. The summed E-state index contributed by atoms with van der Waals surface area (Å²) in [4.78, 5) is 1.02. The second-order valence-electron chi connectivity index (χ2n) is 4.33. The Hall–Kier alpha value is -0.690. The standard InChI is InChI=1S/C12H20N2O2S2/c1-5-8-14(4)18(15,16)12-7-6-11(17-12)9-13-10(2)3/h5-7,10,13H,1,8-9H2,2-4H3. The van der Waals surface area contributed by atoms with Crippen molar-refractivity contribution in [2.45, 2.75) is 30.6 Å². The first-order chi connectivity index (χ1) is 8.37. The Labute approximate surface area is 113 Å². The summed E-state index contributed by atoms with van der Waals surface area (Å²) in [7, 11) is -1.81. The molecule has 0 aliphatic heterocycles. The van der Waals surface area contributed by atoms with Gasteiger partial charge in [0.1, 0.15) is 4.21 Å². The van der Waals surface area contributed by atoms with E-state index < -0.39 is 10.0 Å². The lowest BCUT2D eigenvalue weighted by Crippen LogP contribution is -2.26. The summed E-state index contributed by atoms with van der Waals surface area (Å²) in [6.07, 6.45) is 1.58. The third-order valence-corrected chi connectivity index (χ3v) is 5.75. The summed E-state index contributed by atoms with van der Waals surface area (Å²) in [5, 5.41) is 3.27. The maximum Gasteiger partial charge on any atom is 0.252 e. The Morgan fingerprint density at radius 2 is 2.17 bits per heavy atom. The van der Waals surface area contributed by atoms with Crippen molar-refractivity contribution in [1.29, 1.82) is 0 Å². The molecular weight excluding hydrogens is 268 g/mol. The highest BCUT2D eigenvalue weighted by atomic mass is 32.2. The lowest BCUT2D eigenvalue weighted by Gasteiger charge is -2.13. The zero-order chi connectivity index (χ0) is 13.8. The monoisotopic (exact) mass is 288 g/mol. The molecule has 0 fully saturated rings. The van der Waals surface area contributed by atoms with Crippen molar-refractivity contribution >= 4 is 21.4 Å². The number of rotatable bonds is 7. The number of nitrogens with one attached hydrogen (secondary N) is 1. The Bertz CT molecular complexity index is 492. The van der Waals surface area contributed by atoms with Crippen molar-refractivity contribution in [3.05, 3.63) is 29.7 Å². The minimum atomic E-state index is -3.37. The first-order valence-electron chi connectivity index (χ1n) is 5.77. The molecule has 0 saturated heterocycles. The molecule has 0 radical (unpaired) electrons. The van der Waals surface area contributed by atoms with Gasteiger partial charge in [0.25, 0.3) is 10.0 Å². The smallest absolute Gasteiger partial charge is 0.252 e. The zero-order valence-electron chi connectivity index (χ0n) is 11.0. The van der Waals surface area contributed by atoms with Gasteiger partial charge in [0.15, 0.2) is 0 Å². The van der Waals surface area contributed by atoms with E-state index >= 15 is 0 Å². The Balaban J connectivity index is 2.81. The van der Waals surface area contributed by atoms with Crippen molar-refractivity contribution in [1.82, 2.24) is 9.62 Å². The van der Waals surface area contributed by atoms with Gasteiger partial charge in [0.2, 0.25) is 0 Å². The molecule has 1 aromatic rings. The van der Waals surface area contributed by atoms with Gasteiger partial charge in [-0.2, -0.15) is 4.31 Å². The van der Waals surface area contributed by atoms with Gasteiger partial charge in [0.05, 0.1) is 0 Å². The van der Waals surface area contributed by atoms with Gasteiger partial charge in [-0.1, -0.05) is 19.9 Å². The molecule has 1 aromatic heterocycles. The van der Waals surface area contributed by atoms with E-state index in [2.05, 4.69) is 25.7 Å². The average Bonchev–Trinajstić information content (AvgIpc) is 2.75. The largest absolute Gasteiger partial charge is 0.310 e. The van der Waals surface area contributed by atoms with Gasteiger partial charge < -0.3 is 5.32 Å². The molecule has 0 bridgehead atoms. The molecule has 1 heterocycles. The molecule has 0 saturated carbocycles. The van der Waals surface area contributed by atoms with E-state index in [-0.39, 0.29) is 0 Å². The van der Waals surface area contributed by atoms with Crippen LogP contribution in [-0.2, 0) is 16.6 Å². The van der Waals surface area contributed by atoms with Crippen LogP contribution in [0.4, 0.5) is 0 Å². The third kappa shape index (κ3) is 3.91. The highest BCUT2D eigenvalue weighted by molar-refractivity contribution is 7.91. The molecule has 0 aliphatic carbocycles. The molecule has 1 N–H and O–H groups in total. The lowest BCUT2D eigenvalue weighted by molar-refractivity contribution is 0.501. The number of hydrogen-bond donors (Lipinski definition) is 1. The summed E-state index contributed by atoms with van der Waals surface area (Å²) in [5.74, 6) is 0. The molecule has 18 heavy (non-hydrogen) atoms. The van der Waals surface area contributed by atoms with Crippen molar-refractivity contribution in [2.75, 3.05) is 13.6 Å². The van der Waals surface area contributed by atoms with E-state index in [0.717, 1.165) is 4.88 Å². The van der Waals surface area contributed by atoms with Crippen LogP contribution in [0, 0.1) is 0 Å². The molecule has 0 aliphatic rings. The molecule has 6 heteroatoms. The second-order valence-corrected chi connectivity index (χ2v) is 7.77. The van der Waals surface area contributed by atoms with Crippen LogP contribution in [0.1, 0.15) is 18.7 Å². The molecule has 0 spiro atoms. The SMILES string of the molecule is C=CCN(C)S(=O)(=O)c1ccc(CNC(C)C)s1. The van der Waals surface area contributed by atoms with E-state index in [1.54, 1.807) is 19.2 Å². The molecule has 4 nitrogen and oxygen atoms in total. The van der Waals surface area contributed by atoms with E-state index in [9.17, 15) is 8.42 Å². The highest BCUT2D eigenvalue weighted by Crippen LogP contribution is 2.24. The van der Waals surface area contributed by atoms with Gasteiger partial charge in [-0.05, 0) is 12.1 Å². The van der Waals surface area contributed by atoms with Gasteiger partial charge in [-0.25, -0.2) is 8.42 Å². The zero-order valence-corrected chi connectivity index (χ0v) is 12.6. The molecule has 1 rings (SSSR count). The summed E-state index contributed by atoms with van der Waals surface area (Å²) in [6.45, 7) is 8.68. The predicted octanol–water partition coefficient (Wildman–Crippen LogP) is 2.05. The quantitative estimate of drug-likeness (QED) is 0.781. The van der Waals surface area contributed by atoms with E-state index in [1.807, 2.05) is 6.07 Å². The van der Waals surface area contributed by atoms with Gasteiger partial charge in [-0.3, -0.25) is 0 Å². The Kier molecular flexibility index (Phi) is 5.52. The fourth-order valence-electron chi connectivity index (χ4n) is 1.33. The summed E-state index contributed by atoms with van der Waals surface area (Å²) < 4.78 is 26.0. The van der Waals surface area contributed by atoms with Crippen LogP contribution in [0.25, 0.3) is 0 Å². The van der Waals surface area contributed by atoms with Crippen LogP contribution in [0.5, 0.6) is 0 Å². The summed E-state index contributed by atoms with van der Waals surface area (Å²) in [5.41, 5.74) is 0. The summed E-state index contributed by atoms with van der Waals surface area (Å²) >= 11 is 1.31. The molecule has 0 aromatic carbocycles. The second kappa shape index (κ2) is 6.47. The van der Waals surface area contributed by atoms with E-state index in [1.165, 1.54) is 15.6 Å². The van der Waals surface area contributed by atoms with Gasteiger partial charge >= 0.3 is 0 Å². The van der Waals surface area contributed by atoms with E-state index in [4.69, 9.17) is 0 Å². The van der Waals surface area contributed by atoms with Gasteiger partial charge in [0, 0.05) is 31.1 Å². The Morgan fingerprint density at radius 3 is 2.72 bits per heavy atom. The predicted molar refractivity (Wildman–Crippen MR) is 76.3 cm³/mol. The Morgan fingerprint density at radius 1 is 1.50 bits per heavy atom. The van der Waals surface area contributed by atoms with Gasteiger partial charge in [-0.15, -0.1) is 17.9 Å². The highest BCUT2D eigenvalue weighted by Gasteiger charge is 2.21. The number of likely N-dealkylation sites (N-methyl/N-ethyl adjacent to an activating group) is 1. The number of nitrogens with zero attached hydrogens (tertiary/aromatic N) is 1. The summed E-state index contributed by atoms with van der Waals surface area (Å²) in [6, 6.07) is 3.90. The van der Waals surface area contributed by atoms with E-state index in [0.29, 0.717) is 23.3 Å². The minimum Gasteiger partial charge on any atom is -0.310 e. The van der Waals surface area contributed by atoms with Crippen LogP contribution in [-0.4, -0.2) is 32.4 Å². The molecule has 102 valence electrons. The van der Waals surface area contributed by atoms with Crippen LogP contribution in [0.15, 0.2) is 29.0 Å². The average molecular weight is 288 g/mol. The first-order valence-corrected chi connectivity index (χ1v) is 8.03. The fourth-order valence-corrected chi connectivity index (χ4v) is 3.99. The number of hydrogen-bond acceptors (Lipinski definition) is 4. The number of thiophene rings is 1. The first kappa shape index (κ1) is 15.4. The van der Waals surface area contributed by atoms with Crippen LogP contribution in [0.2, 0.25) is 0 Å².